The number of ether oxygens (including phenoxy) is 1. The van der Waals surface area contributed by atoms with Crippen LogP contribution in [0.5, 0.6) is 5.75 Å². The van der Waals surface area contributed by atoms with Crippen molar-refractivity contribution in [2.45, 2.75) is 26.3 Å². The van der Waals surface area contributed by atoms with Crippen molar-refractivity contribution < 1.29 is 27.8 Å². The van der Waals surface area contributed by atoms with Crippen LogP contribution in [0.4, 0.5) is 13.2 Å². The third-order valence-corrected chi connectivity index (χ3v) is 5.10. The van der Waals surface area contributed by atoms with Gasteiger partial charge in [0.1, 0.15) is 18.2 Å². The first-order chi connectivity index (χ1) is 15.2. The Bertz CT molecular complexity index is 1280. The van der Waals surface area contributed by atoms with E-state index in [1.54, 1.807) is 10.6 Å². The minimum absolute atomic E-state index is 0.00826. The standard InChI is InChI=1S/C24H19F3N2O3/c1-15-6-11-20-21(12-15)29(13-17-4-2-3-5-19(17)24(25,26)27)22(28-20)14-32-18-9-7-16(8-10-18)23(30)31/h2-12H,13-14H2,1H3,(H,30,31). The van der Waals surface area contributed by atoms with Crippen LogP contribution in [0.1, 0.15) is 32.9 Å². The van der Waals surface area contributed by atoms with Crippen LogP contribution in [-0.2, 0) is 19.3 Å². The lowest BCUT2D eigenvalue weighted by molar-refractivity contribution is -0.138. The van der Waals surface area contributed by atoms with E-state index in [1.807, 2.05) is 25.1 Å². The minimum atomic E-state index is -4.47. The highest BCUT2D eigenvalue weighted by Gasteiger charge is 2.33. The molecule has 0 saturated heterocycles. The quantitative estimate of drug-likeness (QED) is 0.418. The average Bonchev–Trinajstić information content (AvgIpc) is 3.09. The number of aryl methyl sites for hydroxylation is 1. The van der Waals surface area contributed by atoms with E-state index in [0.717, 1.165) is 11.6 Å². The second-order valence-electron chi connectivity index (χ2n) is 7.38. The zero-order chi connectivity index (χ0) is 22.9. The Hall–Kier alpha value is -3.81. The molecule has 0 fully saturated rings. The normalized spacial score (nSPS) is 11.6. The summed E-state index contributed by atoms with van der Waals surface area (Å²) in [7, 11) is 0. The molecule has 3 aromatic carbocycles. The molecule has 0 aliphatic rings. The number of hydrogen-bond donors (Lipinski definition) is 1. The van der Waals surface area contributed by atoms with Gasteiger partial charge in [-0.1, -0.05) is 24.3 Å². The fourth-order valence-corrected chi connectivity index (χ4v) is 3.52. The third-order valence-electron chi connectivity index (χ3n) is 5.10. The van der Waals surface area contributed by atoms with Gasteiger partial charge in [0.15, 0.2) is 0 Å². The molecule has 32 heavy (non-hydrogen) atoms. The van der Waals surface area contributed by atoms with Crippen LogP contribution in [0.3, 0.4) is 0 Å². The van der Waals surface area contributed by atoms with Crippen LogP contribution in [-0.4, -0.2) is 20.6 Å². The number of carbonyl (C=O) groups is 1. The van der Waals surface area contributed by atoms with E-state index < -0.39 is 17.7 Å². The highest BCUT2D eigenvalue weighted by molar-refractivity contribution is 5.87. The summed E-state index contributed by atoms with van der Waals surface area (Å²) in [6.07, 6.45) is -4.47. The molecule has 0 aliphatic carbocycles. The molecule has 164 valence electrons. The van der Waals surface area contributed by atoms with Crippen molar-refractivity contribution in [1.29, 1.82) is 0 Å². The number of imidazole rings is 1. The Morgan fingerprint density at radius 1 is 1.06 bits per heavy atom. The minimum Gasteiger partial charge on any atom is -0.486 e. The van der Waals surface area contributed by atoms with Gasteiger partial charge < -0.3 is 14.4 Å². The Morgan fingerprint density at radius 3 is 2.47 bits per heavy atom. The maximum atomic E-state index is 13.5. The predicted octanol–water partition coefficient (Wildman–Crippen LogP) is 5.69. The van der Waals surface area contributed by atoms with E-state index in [9.17, 15) is 18.0 Å². The molecule has 1 aromatic heterocycles. The summed E-state index contributed by atoms with van der Waals surface area (Å²) < 4.78 is 48.1. The number of benzene rings is 3. The number of aromatic nitrogens is 2. The van der Waals surface area contributed by atoms with Crippen LogP contribution in [0.15, 0.2) is 66.7 Å². The van der Waals surface area contributed by atoms with Gasteiger partial charge in [0, 0.05) is 0 Å². The van der Waals surface area contributed by atoms with Crippen molar-refractivity contribution in [3.8, 4) is 5.75 Å². The molecule has 0 unspecified atom stereocenters. The topological polar surface area (TPSA) is 64.3 Å². The molecule has 0 bridgehead atoms. The van der Waals surface area contributed by atoms with Gasteiger partial charge in [-0.3, -0.25) is 0 Å². The largest absolute Gasteiger partial charge is 0.486 e. The van der Waals surface area contributed by atoms with E-state index in [4.69, 9.17) is 9.84 Å². The van der Waals surface area contributed by atoms with Gasteiger partial charge >= 0.3 is 12.1 Å². The second kappa shape index (κ2) is 8.37. The number of aromatic carboxylic acids is 1. The predicted molar refractivity (Wildman–Crippen MR) is 113 cm³/mol. The van der Waals surface area contributed by atoms with Crippen molar-refractivity contribution in [3.63, 3.8) is 0 Å². The fourth-order valence-electron chi connectivity index (χ4n) is 3.52. The van der Waals surface area contributed by atoms with Crippen molar-refractivity contribution in [2.75, 3.05) is 0 Å². The number of rotatable bonds is 6. The Kier molecular flexibility index (Phi) is 5.61. The van der Waals surface area contributed by atoms with E-state index in [1.165, 1.54) is 36.4 Å². The molecule has 4 aromatic rings. The van der Waals surface area contributed by atoms with Crippen LogP contribution >= 0.6 is 0 Å². The monoisotopic (exact) mass is 440 g/mol. The smallest absolute Gasteiger partial charge is 0.416 e. The molecule has 0 aliphatic heterocycles. The number of alkyl halides is 3. The molecule has 0 spiro atoms. The van der Waals surface area contributed by atoms with E-state index in [0.29, 0.717) is 22.6 Å². The van der Waals surface area contributed by atoms with Crippen LogP contribution in [0.25, 0.3) is 11.0 Å². The van der Waals surface area contributed by atoms with Crippen LogP contribution in [0, 0.1) is 6.92 Å². The lowest BCUT2D eigenvalue weighted by Crippen LogP contribution is -2.14. The number of fused-ring (bicyclic) bond motifs is 1. The first kappa shape index (κ1) is 21.4. The SMILES string of the molecule is Cc1ccc2nc(COc3ccc(C(=O)O)cc3)n(Cc3ccccc3C(F)(F)F)c2c1. The molecule has 8 heteroatoms. The van der Waals surface area contributed by atoms with Gasteiger partial charge in [0.2, 0.25) is 0 Å². The molecule has 0 amide bonds. The van der Waals surface area contributed by atoms with Crippen molar-refractivity contribution >= 4 is 17.0 Å². The van der Waals surface area contributed by atoms with Gasteiger partial charge in [0.25, 0.3) is 0 Å². The zero-order valence-electron chi connectivity index (χ0n) is 17.1. The molecule has 0 atom stereocenters. The molecule has 1 N–H and O–H groups in total. The number of nitrogens with zero attached hydrogens (tertiary/aromatic N) is 2. The van der Waals surface area contributed by atoms with E-state index in [2.05, 4.69) is 4.98 Å². The molecule has 5 nitrogen and oxygen atoms in total. The summed E-state index contributed by atoms with van der Waals surface area (Å²) >= 11 is 0. The van der Waals surface area contributed by atoms with E-state index >= 15 is 0 Å². The maximum Gasteiger partial charge on any atom is 0.416 e. The maximum absolute atomic E-state index is 13.5. The number of carboxylic acids is 1. The summed E-state index contributed by atoms with van der Waals surface area (Å²) in [5.41, 5.74) is 1.89. The van der Waals surface area contributed by atoms with Crippen LogP contribution in [0.2, 0.25) is 0 Å². The lowest BCUT2D eigenvalue weighted by atomic mass is 10.1. The average molecular weight is 440 g/mol. The molecule has 0 radical (unpaired) electrons. The number of halogens is 3. The summed E-state index contributed by atoms with van der Waals surface area (Å²) in [5, 5.41) is 9.01. The molecular weight excluding hydrogens is 421 g/mol. The Balaban J connectivity index is 1.69. The number of carboxylic acid groups (broad SMARTS) is 1. The third kappa shape index (κ3) is 4.44. The van der Waals surface area contributed by atoms with Gasteiger partial charge in [-0.05, 0) is 60.5 Å². The zero-order valence-corrected chi connectivity index (χ0v) is 17.1. The number of hydrogen-bond acceptors (Lipinski definition) is 3. The second-order valence-corrected chi connectivity index (χ2v) is 7.38. The Morgan fingerprint density at radius 2 is 1.78 bits per heavy atom. The van der Waals surface area contributed by atoms with Gasteiger partial charge in [-0.2, -0.15) is 13.2 Å². The van der Waals surface area contributed by atoms with Crippen molar-refractivity contribution in [1.82, 2.24) is 9.55 Å². The van der Waals surface area contributed by atoms with Gasteiger partial charge in [-0.15, -0.1) is 0 Å². The first-order valence-electron chi connectivity index (χ1n) is 9.79. The molecular formula is C24H19F3N2O3. The lowest BCUT2D eigenvalue weighted by Gasteiger charge is -2.15. The van der Waals surface area contributed by atoms with Crippen LogP contribution < -0.4 is 4.74 Å². The highest BCUT2D eigenvalue weighted by Crippen LogP contribution is 2.33. The van der Waals surface area contributed by atoms with E-state index in [-0.39, 0.29) is 24.3 Å². The summed E-state index contributed by atoms with van der Waals surface area (Å²) in [6.45, 7) is 1.89. The summed E-state index contributed by atoms with van der Waals surface area (Å²) in [6, 6.07) is 17.0. The molecule has 0 saturated carbocycles. The Labute approximate surface area is 181 Å². The van der Waals surface area contributed by atoms with Gasteiger partial charge in [0.05, 0.1) is 28.7 Å². The molecule has 1 heterocycles. The fraction of sp³-hybridized carbons (Fsp3) is 0.167. The first-order valence-corrected chi connectivity index (χ1v) is 9.79. The van der Waals surface area contributed by atoms with Gasteiger partial charge in [-0.25, -0.2) is 9.78 Å². The van der Waals surface area contributed by atoms with Crippen molar-refractivity contribution in [3.05, 3.63) is 94.8 Å². The summed E-state index contributed by atoms with van der Waals surface area (Å²) in [4.78, 5) is 15.6. The summed E-state index contributed by atoms with van der Waals surface area (Å²) in [5.74, 6) is -0.151. The molecule has 4 rings (SSSR count). The van der Waals surface area contributed by atoms with Crippen molar-refractivity contribution in [2.24, 2.45) is 0 Å². The highest BCUT2D eigenvalue weighted by atomic mass is 19.4.